The summed E-state index contributed by atoms with van der Waals surface area (Å²) in [4.78, 5) is 45.0. The van der Waals surface area contributed by atoms with Gasteiger partial charge in [0.25, 0.3) is 0 Å². The Bertz CT molecular complexity index is 1390. The fraction of sp³-hybridized carbons (Fsp3) is 0.486. The van der Waals surface area contributed by atoms with Crippen LogP contribution in [0.2, 0.25) is 0 Å². The number of nitrogens with zero attached hydrogens (tertiary/aromatic N) is 3. The monoisotopic (exact) mass is 652 g/mol. The number of benzene rings is 2. The van der Waals surface area contributed by atoms with Crippen molar-refractivity contribution in [1.29, 1.82) is 0 Å². The molecule has 1 unspecified atom stereocenters. The van der Waals surface area contributed by atoms with Crippen LogP contribution < -0.4 is 21.8 Å². The number of fused-ring (bicyclic) bond motifs is 2. The van der Waals surface area contributed by atoms with Gasteiger partial charge < -0.3 is 30.5 Å². The predicted molar refractivity (Wildman–Crippen MR) is 190 cm³/mol. The van der Waals surface area contributed by atoms with Gasteiger partial charge in [0.2, 0.25) is 11.8 Å². The van der Waals surface area contributed by atoms with Gasteiger partial charge in [-0.05, 0) is 29.5 Å². The molecule has 4 rings (SSSR count). The van der Waals surface area contributed by atoms with E-state index >= 15 is 0 Å². The van der Waals surface area contributed by atoms with Gasteiger partial charge >= 0.3 is 0 Å². The van der Waals surface area contributed by atoms with Crippen LogP contribution in [0.15, 0.2) is 48.5 Å². The fourth-order valence-corrected chi connectivity index (χ4v) is 5.17. The Labute approximate surface area is 279 Å². The molecule has 2 aromatic carbocycles. The first-order chi connectivity index (χ1) is 21.6. The molecule has 0 bridgehead atoms. The van der Waals surface area contributed by atoms with Gasteiger partial charge in [-0.25, -0.2) is 5.84 Å². The van der Waals surface area contributed by atoms with Crippen molar-refractivity contribution >= 4 is 54.1 Å². The number of imide groups is 1. The average Bonchev–Trinajstić information content (AvgIpc) is 3.24. The van der Waals surface area contributed by atoms with Gasteiger partial charge in [-0.1, -0.05) is 77.1 Å². The maximum absolute atomic E-state index is 11.1. The molecule has 2 aromatic rings. The lowest BCUT2D eigenvalue weighted by molar-refractivity contribution is -0.138. The van der Waals surface area contributed by atoms with E-state index in [-0.39, 0.29) is 42.0 Å². The van der Waals surface area contributed by atoms with E-state index in [2.05, 4.69) is 107 Å². The summed E-state index contributed by atoms with van der Waals surface area (Å²) in [6, 6.07) is 16.7. The Balaban J connectivity index is 0.000000336. The highest BCUT2D eigenvalue weighted by molar-refractivity contribution is 7.81. The second-order valence-corrected chi connectivity index (χ2v) is 13.8. The van der Waals surface area contributed by atoms with Crippen LogP contribution in [0.25, 0.3) is 11.4 Å². The maximum atomic E-state index is 11.1. The minimum absolute atomic E-state index is 0.00263. The van der Waals surface area contributed by atoms with Crippen molar-refractivity contribution in [3.8, 4) is 0 Å². The highest BCUT2D eigenvalue weighted by Gasteiger charge is 2.36. The van der Waals surface area contributed by atoms with Crippen molar-refractivity contribution in [1.82, 2.24) is 15.2 Å². The maximum Gasteiger partial charge on any atom is 0.242 e. The Morgan fingerprint density at radius 3 is 2.09 bits per heavy atom. The molecule has 0 spiro atoms. The molecule has 2 heterocycles. The van der Waals surface area contributed by atoms with Crippen LogP contribution in [0.4, 0.5) is 5.69 Å². The Kier molecular flexibility index (Phi) is 14.5. The molecule has 1 saturated heterocycles. The number of nitrogens with one attached hydrogen (secondary N) is 1. The van der Waals surface area contributed by atoms with Crippen molar-refractivity contribution in [3.63, 3.8) is 0 Å². The molecule has 1 fully saturated rings. The van der Waals surface area contributed by atoms with Crippen LogP contribution in [0.5, 0.6) is 0 Å². The van der Waals surface area contributed by atoms with E-state index in [4.69, 9.17) is 11.6 Å². The standard InChI is InChI=1S/C24H34N4.C7H9NO3S.C4H9NO/c1-23(2,3)24(4,5)16-28(26)22-18-12-8-7-11-17(18)15-27(6)20-14-10-9-13-19(20)21(22)25;9-3-1-2-8-6(10)4-5(12)7(8)11;1-5-3-2-4-6/h7-14H,15-16,25-26H2,1-6H3;3,5,12H,1-2,4H2;4-5H,2-3H2,1H3/b22-21-;;. The fourth-order valence-electron chi connectivity index (χ4n) is 4.87. The van der Waals surface area contributed by atoms with Gasteiger partial charge in [0.1, 0.15) is 12.6 Å². The first-order valence-corrected chi connectivity index (χ1v) is 16.1. The molecule has 0 aliphatic carbocycles. The number of hydrazine groups is 1. The molecule has 46 heavy (non-hydrogen) atoms. The molecule has 0 radical (unpaired) electrons. The third kappa shape index (κ3) is 9.91. The van der Waals surface area contributed by atoms with E-state index in [1.54, 1.807) is 0 Å². The topological polar surface area (TPSA) is 142 Å². The van der Waals surface area contributed by atoms with E-state index in [0.29, 0.717) is 19.3 Å². The Morgan fingerprint density at radius 2 is 1.57 bits per heavy atom. The van der Waals surface area contributed by atoms with Crippen LogP contribution in [0, 0.1) is 10.8 Å². The van der Waals surface area contributed by atoms with Crippen LogP contribution in [0.1, 0.15) is 70.6 Å². The molecule has 11 heteroatoms. The quantitative estimate of drug-likeness (QED) is 0.0787. The van der Waals surface area contributed by atoms with Crippen LogP contribution in [0.3, 0.4) is 0 Å². The average molecular weight is 653 g/mol. The van der Waals surface area contributed by atoms with Crippen molar-refractivity contribution in [2.24, 2.45) is 22.4 Å². The van der Waals surface area contributed by atoms with Crippen LogP contribution in [-0.2, 0) is 25.7 Å². The lowest BCUT2D eigenvalue weighted by atomic mass is 9.69. The highest BCUT2D eigenvalue weighted by atomic mass is 32.1. The van der Waals surface area contributed by atoms with Gasteiger partial charge in [0.15, 0.2) is 0 Å². The zero-order valence-electron chi connectivity index (χ0n) is 28.4. The number of likely N-dealkylation sites (tertiary alicyclic amines) is 1. The number of amides is 2. The minimum atomic E-state index is -0.510. The van der Waals surface area contributed by atoms with Crippen LogP contribution >= 0.6 is 12.6 Å². The Hall–Kier alpha value is -3.67. The zero-order chi connectivity index (χ0) is 34.7. The molecule has 1 atom stereocenters. The van der Waals surface area contributed by atoms with Gasteiger partial charge in [0.05, 0.1) is 16.6 Å². The van der Waals surface area contributed by atoms with Crippen molar-refractivity contribution in [3.05, 3.63) is 65.2 Å². The van der Waals surface area contributed by atoms with Crippen molar-refractivity contribution in [2.45, 2.75) is 65.7 Å². The summed E-state index contributed by atoms with van der Waals surface area (Å²) in [5, 5.41) is 4.19. The van der Waals surface area contributed by atoms with E-state index in [1.807, 2.05) is 18.1 Å². The number of thiol groups is 1. The number of anilines is 1. The van der Waals surface area contributed by atoms with Gasteiger partial charge in [-0.15, -0.1) is 0 Å². The molecule has 10 nitrogen and oxygen atoms in total. The molecule has 0 saturated carbocycles. The predicted octanol–water partition coefficient (Wildman–Crippen LogP) is 4.10. The number of hydrogen-bond donors (Lipinski definition) is 4. The largest absolute Gasteiger partial charge is 0.396 e. The second kappa shape index (κ2) is 17.3. The first kappa shape index (κ1) is 38.5. The number of nitrogens with two attached hydrogens (primary N) is 2. The summed E-state index contributed by atoms with van der Waals surface area (Å²) in [5.74, 6) is 6.21. The van der Waals surface area contributed by atoms with Crippen LogP contribution in [-0.4, -0.2) is 73.3 Å². The summed E-state index contributed by atoms with van der Waals surface area (Å²) >= 11 is 3.93. The number of carbonyl (C=O) groups excluding carboxylic acids is 4. The van der Waals surface area contributed by atoms with Gasteiger partial charge in [-0.2, -0.15) is 12.6 Å². The third-order valence-electron chi connectivity index (χ3n) is 8.63. The highest BCUT2D eigenvalue weighted by Crippen LogP contribution is 2.41. The molecular formula is C35H52N6O4S. The lowest BCUT2D eigenvalue weighted by Gasteiger charge is -2.43. The van der Waals surface area contributed by atoms with Gasteiger partial charge in [0, 0.05) is 69.3 Å². The summed E-state index contributed by atoms with van der Waals surface area (Å²) in [6.45, 7) is 13.8. The summed E-state index contributed by atoms with van der Waals surface area (Å²) in [7, 11) is 3.93. The van der Waals surface area contributed by atoms with Crippen molar-refractivity contribution < 1.29 is 19.2 Å². The van der Waals surface area contributed by atoms with E-state index in [0.717, 1.165) is 52.5 Å². The zero-order valence-corrected chi connectivity index (χ0v) is 29.3. The number of hydrogen-bond acceptors (Lipinski definition) is 10. The molecule has 2 amide bonds. The van der Waals surface area contributed by atoms with E-state index in [1.165, 1.54) is 5.56 Å². The SMILES string of the molecule is CN1Cc2ccccc2/C(N(N)CC(C)(C)C(C)(C)C)=C(/N)c2ccccc21.CNCCC=O.O=CCCN1C(=O)CC(S)C1=O. The summed E-state index contributed by atoms with van der Waals surface area (Å²) < 4.78 is 0. The Morgan fingerprint density at radius 1 is 0.978 bits per heavy atom. The molecule has 0 aromatic heterocycles. The number of carbonyl (C=O) groups is 4. The first-order valence-electron chi connectivity index (χ1n) is 15.6. The lowest BCUT2D eigenvalue weighted by Crippen LogP contribution is -2.45. The van der Waals surface area contributed by atoms with Gasteiger partial charge in [-0.3, -0.25) is 14.5 Å². The number of para-hydroxylation sites is 1. The van der Waals surface area contributed by atoms with Crippen molar-refractivity contribution in [2.75, 3.05) is 38.6 Å². The second-order valence-electron chi connectivity index (χ2n) is 13.2. The smallest absolute Gasteiger partial charge is 0.242 e. The molecule has 2 aliphatic rings. The van der Waals surface area contributed by atoms with E-state index in [9.17, 15) is 19.2 Å². The number of rotatable bonds is 9. The molecule has 252 valence electrons. The number of aldehydes is 2. The molecule has 2 aliphatic heterocycles. The molecule has 5 N–H and O–H groups in total. The normalized spacial score (nSPS) is 17.8. The third-order valence-corrected chi connectivity index (χ3v) is 9.03. The summed E-state index contributed by atoms with van der Waals surface area (Å²) in [6.07, 6.45) is 2.57. The summed E-state index contributed by atoms with van der Waals surface area (Å²) in [5.41, 5.74) is 13.0. The minimum Gasteiger partial charge on any atom is -0.396 e. The van der Waals surface area contributed by atoms with E-state index < -0.39 is 5.25 Å². The molecular weight excluding hydrogens is 600 g/mol.